The highest BCUT2D eigenvalue weighted by atomic mass is 32.1. The Morgan fingerprint density at radius 1 is 1.10 bits per heavy atom. The van der Waals surface area contributed by atoms with Crippen LogP contribution in [0.2, 0.25) is 0 Å². The molecule has 0 fully saturated rings. The number of carbonyl (C=O) groups is 1. The lowest BCUT2D eigenvalue weighted by atomic mass is 10.1. The van der Waals surface area contributed by atoms with Crippen LogP contribution in [0.25, 0.3) is 0 Å². The molecule has 0 aliphatic carbocycles. The van der Waals surface area contributed by atoms with Gasteiger partial charge < -0.3 is 9.64 Å². The third kappa shape index (κ3) is 6.71. The zero-order valence-corrected chi connectivity index (χ0v) is 18.1. The number of thiazole rings is 1. The van der Waals surface area contributed by atoms with Crippen molar-refractivity contribution in [2.24, 2.45) is 5.92 Å². The predicted octanol–water partition coefficient (Wildman–Crippen LogP) is 5.26. The third-order valence-electron chi connectivity index (χ3n) is 4.47. The Bertz CT molecular complexity index is 904. The van der Waals surface area contributed by atoms with Crippen molar-refractivity contribution in [1.29, 1.82) is 0 Å². The molecule has 0 saturated heterocycles. The van der Waals surface area contributed by atoms with Crippen LogP contribution in [-0.2, 0) is 24.4 Å². The van der Waals surface area contributed by atoms with Crippen LogP contribution in [0.3, 0.4) is 0 Å². The van der Waals surface area contributed by atoms with Gasteiger partial charge in [-0.15, -0.1) is 11.3 Å². The molecular formula is C24H28N2O2S. The molecule has 152 valence electrons. The van der Waals surface area contributed by atoms with Gasteiger partial charge in [-0.25, -0.2) is 4.98 Å². The van der Waals surface area contributed by atoms with E-state index in [2.05, 4.69) is 25.8 Å². The van der Waals surface area contributed by atoms with Gasteiger partial charge in [0.2, 0.25) is 5.91 Å². The highest BCUT2D eigenvalue weighted by Gasteiger charge is 2.17. The normalized spacial score (nSPS) is 10.9. The fourth-order valence-corrected chi connectivity index (χ4v) is 3.74. The van der Waals surface area contributed by atoms with Gasteiger partial charge >= 0.3 is 0 Å². The zero-order valence-electron chi connectivity index (χ0n) is 17.3. The van der Waals surface area contributed by atoms with E-state index in [1.54, 1.807) is 11.3 Å². The molecule has 0 atom stereocenters. The minimum atomic E-state index is 0.135. The Morgan fingerprint density at radius 3 is 2.52 bits per heavy atom. The summed E-state index contributed by atoms with van der Waals surface area (Å²) in [7, 11) is 0. The van der Waals surface area contributed by atoms with Gasteiger partial charge in [-0.2, -0.15) is 0 Å². The lowest BCUT2D eigenvalue weighted by molar-refractivity contribution is -0.131. The van der Waals surface area contributed by atoms with Crippen LogP contribution in [0.15, 0.2) is 60.0 Å². The number of carbonyl (C=O) groups excluding carboxylic acids is 1. The fraction of sp³-hybridized carbons (Fsp3) is 0.333. The second kappa shape index (κ2) is 10.2. The first kappa shape index (κ1) is 21.1. The van der Waals surface area contributed by atoms with Crippen LogP contribution in [0.1, 0.15) is 35.7 Å². The molecule has 0 aliphatic heterocycles. The molecule has 29 heavy (non-hydrogen) atoms. The third-order valence-corrected chi connectivity index (χ3v) is 5.34. The number of amides is 1. The summed E-state index contributed by atoms with van der Waals surface area (Å²) in [5, 5.41) is 2.94. The molecule has 1 aromatic heterocycles. The van der Waals surface area contributed by atoms with E-state index in [9.17, 15) is 4.79 Å². The van der Waals surface area contributed by atoms with Crippen LogP contribution in [0.4, 0.5) is 0 Å². The second-order valence-electron chi connectivity index (χ2n) is 7.66. The van der Waals surface area contributed by atoms with Gasteiger partial charge in [0, 0.05) is 11.9 Å². The van der Waals surface area contributed by atoms with Crippen LogP contribution in [-0.4, -0.2) is 22.3 Å². The summed E-state index contributed by atoms with van der Waals surface area (Å²) in [5.41, 5.74) is 3.16. The first-order valence-electron chi connectivity index (χ1n) is 9.94. The Labute approximate surface area is 177 Å². The van der Waals surface area contributed by atoms with E-state index in [4.69, 9.17) is 4.74 Å². The van der Waals surface area contributed by atoms with E-state index in [1.165, 1.54) is 5.56 Å². The van der Waals surface area contributed by atoms with Gasteiger partial charge in [-0.05, 0) is 30.5 Å². The van der Waals surface area contributed by atoms with E-state index in [1.807, 2.05) is 64.9 Å². The van der Waals surface area contributed by atoms with E-state index >= 15 is 0 Å². The van der Waals surface area contributed by atoms with Crippen molar-refractivity contribution in [1.82, 2.24) is 9.88 Å². The molecule has 0 N–H and O–H groups in total. The van der Waals surface area contributed by atoms with Gasteiger partial charge in [0.25, 0.3) is 0 Å². The minimum Gasteiger partial charge on any atom is -0.486 e. The first-order valence-corrected chi connectivity index (χ1v) is 10.8. The number of hydrogen-bond acceptors (Lipinski definition) is 4. The van der Waals surface area contributed by atoms with Crippen molar-refractivity contribution in [3.8, 4) is 5.75 Å². The Morgan fingerprint density at radius 2 is 1.83 bits per heavy atom. The Kier molecular flexibility index (Phi) is 7.42. The molecular weight excluding hydrogens is 380 g/mol. The highest BCUT2D eigenvalue weighted by Crippen LogP contribution is 2.18. The van der Waals surface area contributed by atoms with Gasteiger partial charge in [0.15, 0.2) is 0 Å². The largest absolute Gasteiger partial charge is 0.486 e. The molecule has 2 aromatic carbocycles. The van der Waals surface area contributed by atoms with E-state index < -0.39 is 0 Å². The van der Waals surface area contributed by atoms with E-state index in [-0.39, 0.29) is 5.91 Å². The average Bonchev–Trinajstić information content (AvgIpc) is 3.15. The lowest BCUT2D eigenvalue weighted by Crippen LogP contribution is -2.35. The molecule has 0 bridgehead atoms. The minimum absolute atomic E-state index is 0.135. The Balaban J connectivity index is 1.60. The number of aryl methyl sites for hydroxylation is 1. The van der Waals surface area contributed by atoms with Crippen LogP contribution >= 0.6 is 11.3 Å². The molecule has 0 saturated carbocycles. The first-order chi connectivity index (χ1) is 14.0. The lowest BCUT2D eigenvalue weighted by Gasteiger charge is -2.24. The maximum atomic E-state index is 12.9. The van der Waals surface area contributed by atoms with Crippen LogP contribution in [0, 0.1) is 12.8 Å². The SMILES string of the molecule is Cc1ccc(OCc2nc(CN(CC(C)C)C(=O)Cc3ccccc3)cs2)cc1. The molecule has 1 amide bonds. The zero-order chi connectivity index (χ0) is 20.6. The van der Waals surface area contributed by atoms with Crippen LogP contribution in [0.5, 0.6) is 5.75 Å². The molecule has 5 heteroatoms. The van der Waals surface area contributed by atoms with Crippen molar-refractivity contribution < 1.29 is 9.53 Å². The summed E-state index contributed by atoms with van der Waals surface area (Å²) in [6, 6.07) is 17.9. The molecule has 3 aromatic rings. The standard InChI is InChI=1S/C24H28N2O2S/c1-18(2)14-26(24(27)13-20-7-5-4-6-8-20)15-21-17-29-23(25-21)16-28-22-11-9-19(3)10-12-22/h4-12,17-18H,13-16H2,1-3H3. The van der Waals surface area contributed by atoms with Crippen molar-refractivity contribution in [2.45, 2.75) is 40.3 Å². The highest BCUT2D eigenvalue weighted by molar-refractivity contribution is 7.09. The number of benzene rings is 2. The van der Waals surface area contributed by atoms with Gasteiger partial charge in [0.05, 0.1) is 18.7 Å². The summed E-state index contributed by atoms with van der Waals surface area (Å²) in [6.07, 6.45) is 0.418. The maximum absolute atomic E-state index is 12.9. The maximum Gasteiger partial charge on any atom is 0.227 e. The Hall–Kier alpha value is -2.66. The summed E-state index contributed by atoms with van der Waals surface area (Å²) < 4.78 is 5.82. The molecule has 0 radical (unpaired) electrons. The smallest absolute Gasteiger partial charge is 0.227 e. The molecule has 1 heterocycles. The fourth-order valence-electron chi connectivity index (χ4n) is 3.04. The van der Waals surface area contributed by atoms with Crippen molar-refractivity contribution in [2.75, 3.05) is 6.54 Å². The van der Waals surface area contributed by atoms with Gasteiger partial charge in [-0.3, -0.25) is 4.79 Å². The number of nitrogens with zero attached hydrogens (tertiary/aromatic N) is 2. The van der Waals surface area contributed by atoms with Crippen LogP contribution < -0.4 is 4.74 Å². The quantitative estimate of drug-likeness (QED) is 0.485. The molecule has 0 unspecified atom stereocenters. The second-order valence-corrected chi connectivity index (χ2v) is 8.61. The van der Waals surface area contributed by atoms with E-state index in [0.717, 1.165) is 28.6 Å². The molecule has 0 aliphatic rings. The van der Waals surface area contributed by atoms with Crippen molar-refractivity contribution in [3.05, 3.63) is 81.8 Å². The summed E-state index contributed by atoms with van der Waals surface area (Å²) in [5.74, 6) is 1.37. The van der Waals surface area contributed by atoms with Gasteiger partial charge in [-0.1, -0.05) is 61.9 Å². The van der Waals surface area contributed by atoms with E-state index in [0.29, 0.717) is 25.5 Å². The number of hydrogen-bond donors (Lipinski definition) is 0. The average molecular weight is 409 g/mol. The number of ether oxygens (including phenoxy) is 1. The number of rotatable bonds is 9. The molecule has 4 nitrogen and oxygen atoms in total. The predicted molar refractivity (Wildman–Crippen MR) is 118 cm³/mol. The monoisotopic (exact) mass is 408 g/mol. The summed E-state index contributed by atoms with van der Waals surface area (Å²) in [4.78, 5) is 19.5. The summed E-state index contributed by atoms with van der Waals surface area (Å²) >= 11 is 1.57. The topological polar surface area (TPSA) is 42.4 Å². The summed E-state index contributed by atoms with van der Waals surface area (Å²) in [6.45, 7) is 8.01. The number of aromatic nitrogens is 1. The van der Waals surface area contributed by atoms with Gasteiger partial charge in [0.1, 0.15) is 17.4 Å². The molecule has 0 spiro atoms. The van der Waals surface area contributed by atoms with Crippen molar-refractivity contribution >= 4 is 17.2 Å². The molecule has 3 rings (SSSR count). The van der Waals surface area contributed by atoms with Crippen molar-refractivity contribution in [3.63, 3.8) is 0 Å².